The van der Waals surface area contributed by atoms with Crippen LogP contribution in [-0.2, 0) is 23.8 Å². The van der Waals surface area contributed by atoms with Crippen LogP contribution in [0.15, 0.2) is 12.2 Å². The zero-order valence-corrected chi connectivity index (χ0v) is 32.5. The molecule has 0 aromatic rings. The van der Waals surface area contributed by atoms with Gasteiger partial charge in [-0.3, -0.25) is 14.5 Å². The maximum absolute atomic E-state index is 11.7. The molecule has 0 saturated heterocycles. The molecule has 0 aliphatic rings. The number of rotatable bonds is 13. The molecule has 0 saturated carbocycles. The van der Waals surface area contributed by atoms with E-state index in [0.717, 1.165) is 24.5 Å². The molecule has 0 N–H and O–H groups in total. The van der Waals surface area contributed by atoms with Crippen LogP contribution in [0, 0.1) is 17.3 Å². The molecule has 0 aromatic heterocycles. The fourth-order valence-electron chi connectivity index (χ4n) is 3.15. The highest BCUT2D eigenvalue weighted by Crippen LogP contribution is 2.23. The van der Waals surface area contributed by atoms with Crippen molar-refractivity contribution in [3.63, 3.8) is 0 Å². The molecule has 0 fully saturated rings. The van der Waals surface area contributed by atoms with E-state index in [-0.39, 0.29) is 23.5 Å². The second-order valence-electron chi connectivity index (χ2n) is 15.2. The third-order valence-electron chi connectivity index (χ3n) is 6.63. The van der Waals surface area contributed by atoms with Gasteiger partial charge in [-0.15, -0.1) is 6.58 Å². The van der Waals surface area contributed by atoms with Crippen LogP contribution in [0.25, 0.3) is 0 Å². The molecule has 1 atom stereocenters. The Morgan fingerprint density at radius 3 is 1.51 bits per heavy atom. The van der Waals surface area contributed by atoms with Crippen molar-refractivity contribution in [2.75, 3.05) is 19.8 Å². The Labute approximate surface area is 270 Å². The smallest absolute Gasteiger partial charge is 0.309 e. The van der Waals surface area contributed by atoms with Crippen molar-refractivity contribution >= 4 is 11.9 Å². The highest BCUT2D eigenvalue weighted by molar-refractivity contribution is 5.72. The van der Waals surface area contributed by atoms with Crippen molar-refractivity contribution in [1.29, 1.82) is 0 Å². The molecule has 0 heterocycles. The van der Waals surface area contributed by atoms with E-state index in [2.05, 4.69) is 87.6 Å². The molecule has 0 spiro atoms. The second kappa shape index (κ2) is 24.9. The van der Waals surface area contributed by atoms with Crippen molar-refractivity contribution in [1.82, 2.24) is 4.90 Å². The lowest BCUT2D eigenvalue weighted by molar-refractivity contribution is -0.158. The van der Waals surface area contributed by atoms with E-state index in [1.54, 1.807) is 6.92 Å². The Balaban J connectivity index is -0.000000272. The lowest BCUT2D eigenvalue weighted by atomic mass is 9.84. The number of hydrogen-bond acceptors (Lipinski definition) is 6. The van der Waals surface area contributed by atoms with Gasteiger partial charge in [0.2, 0.25) is 0 Å². The van der Waals surface area contributed by atoms with Gasteiger partial charge in [-0.25, -0.2) is 0 Å². The van der Waals surface area contributed by atoms with Gasteiger partial charge in [-0.1, -0.05) is 74.3 Å². The predicted molar refractivity (Wildman–Crippen MR) is 188 cm³/mol. The van der Waals surface area contributed by atoms with E-state index in [1.165, 1.54) is 6.42 Å². The van der Waals surface area contributed by atoms with Crippen LogP contribution in [-0.4, -0.2) is 59.9 Å². The molecular weight excluding hydrogens is 538 g/mol. The van der Waals surface area contributed by atoms with Crippen molar-refractivity contribution < 1.29 is 23.8 Å². The van der Waals surface area contributed by atoms with Gasteiger partial charge in [-0.05, 0) is 87.0 Å². The summed E-state index contributed by atoms with van der Waals surface area (Å²) in [5.74, 6) is 0.433. The van der Waals surface area contributed by atoms with Crippen molar-refractivity contribution in [2.45, 2.75) is 181 Å². The van der Waals surface area contributed by atoms with Gasteiger partial charge < -0.3 is 14.2 Å². The minimum atomic E-state index is -0.432. The van der Waals surface area contributed by atoms with Gasteiger partial charge in [0.15, 0.2) is 0 Å². The largest absolute Gasteiger partial charge is 0.464 e. The second-order valence-corrected chi connectivity index (χ2v) is 15.2. The van der Waals surface area contributed by atoms with E-state index < -0.39 is 5.60 Å². The van der Waals surface area contributed by atoms with Gasteiger partial charge in [0, 0.05) is 31.5 Å². The highest BCUT2D eigenvalue weighted by atomic mass is 16.6. The summed E-state index contributed by atoms with van der Waals surface area (Å²) in [4.78, 5) is 25.2. The molecule has 0 amide bonds. The van der Waals surface area contributed by atoms with Crippen LogP contribution in [0.4, 0.5) is 0 Å². The molecule has 1 unspecified atom stereocenters. The summed E-state index contributed by atoms with van der Waals surface area (Å²) in [6.45, 7) is 45.3. The first-order valence-electron chi connectivity index (χ1n) is 16.7. The number of carbonyl (C=O) groups is 2. The number of carbonyl (C=O) groups excluding carboxylic acids is 2. The predicted octanol–water partition coefficient (Wildman–Crippen LogP) is 10.3. The van der Waals surface area contributed by atoms with E-state index in [1.807, 2.05) is 48.5 Å². The van der Waals surface area contributed by atoms with Crippen LogP contribution in [0.2, 0.25) is 0 Å². The lowest BCUT2D eigenvalue weighted by Crippen LogP contribution is -2.39. The SMILES string of the molecule is C=C(C)CC(C)C(=O)OCCN(C(C)C)C(C)C.CC(C)C(C)(C)C.CCC.CCC(=O)OC(C)(C)CCOC(C)(C)C. The van der Waals surface area contributed by atoms with E-state index in [4.69, 9.17) is 14.2 Å². The van der Waals surface area contributed by atoms with Gasteiger partial charge in [-0.2, -0.15) is 0 Å². The number of ether oxygens (including phenoxy) is 3. The summed E-state index contributed by atoms with van der Waals surface area (Å²) < 4.78 is 16.2. The first-order chi connectivity index (χ1) is 19.3. The van der Waals surface area contributed by atoms with Crippen molar-refractivity contribution in [3.8, 4) is 0 Å². The minimum Gasteiger partial charge on any atom is -0.464 e. The van der Waals surface area contributed by atoms with Crippen LogP contribution in [0.1, 0.15) is 157 Å². The molecule has 43 heavy (non-hydrogen) atoms. The van der Waals surface area contributed by atoms with Crippen LogP contribution in [0.5, 0.6) is 0 Å². The average molecular weight is 616 g/mol. The standard InChI is InChI=1S/C15H29NO2.C12H24O3.C7H16.C3H8/c1-11(2)10-14(7)15(17)18-9-8-16(12(3)4)13(5)6;1-7-10(13)15-12(5,6)8-9-14-11(2,3)4;1-6(2)7(3,4)5;1-3-2/h12-14H,1,8-10H2,2-7H3;7-9H2,1-6H3;6H,1-5H3;3H2,1-2H3. The van der Waals surface area contributed by atoms with Gasteiger partial charge >= 0.3 is 11.9 Å². The Bertz CT molecular complexity index is 704. The normalized spacial score (nSPS) is 12.4. The Morgan fingerprint density at radius 1 is 0.791 bits per heavy atom. The molecule has 260 valence electrons. The van der Waals surface area contributed by atoms with Crippen LogP contribution in [0.3, 0.4) is 0 Å². The Kier molecular flexibility index (Phi) is 28.0. The number of nitrogens with zero attached hydrogens (tertiary/aromatic N) is 1. The summed E-state index contributed by atoms with van der Waals surface area (Å²) in [5.41, 5.74) is 0.953. The Morgan fingerprint density at radius 2 is 1.21 bits per heavy atom. The monoisotopic (exact) mass is 616 g/mol. The third kappa shape index (κ3) is 35.0. The third-order valence-corrected chi connectivity index (χ3v) is 6.63. The zero-order valence-electron chi connectivity index (χ0n) is 32.5. The molecule has 6 nitrogen and oxygen atoms in total. The average Bonchev–Trinajstić information content (AvgIpc) is 2.80. The summed E-state index contributed by atoms with van der Waals surface area (Å²) >= 11 is 0. The van der Waals surface area contributed by atoms with E-state index in [0.29, 0.717) is 43.6 Å². The quantitative estimate of drug-likeness (QED) is 0.152. The lowest BCUT2D eigenvalue weighted by Gasteiger charge is -2.30. The van der Waals surface area contributed by atoms with E-state index >= 15 is 0 Å². The van der Waals surface area contributed by atoms with Gasteiger partial charge in [0.1, 0.15) is 12.2 Å². The first-order valence-corrected chi connectivity index (χ1v) is 16.7. The number of hydrogen-bond donors (Lipinski definition) is 0. The first kappa shape index (κ1) is 48.5. The molecular formula is C37H77NO5. The summed E-state index contributed by atoms with van der Waals surface area (Å²) in [6.07, 6.45) is 3.09. The molecule has 0 rings (SSSR count). The summed E-state index contributed by atoms with van der Waals surface area (Å²) in [6, 6.07) is 0.938. The summed E-state index contributed by atoms with van der Waals surface area (Å²) in [5, 5.41) is 0. The number of allylic oxidation sites excluding steroid dienone is 1. The summed E-state index contributed by atoms with van der Waals surface area (Å²) in [7, 11) is 0. The van der Waals surface area contributed by atoms with Crippen molar-refractivity contribution in [2.24, 2.45) is 17.3 Å². The highest BCUT2D eigenvalue weighted by Gasteiger charge is 2.23. The van der Waals surface area contributed by atoms with Crippen LogP contribution < -0.4 is 0 Å². The molecule has 0 aliphatic heterocycles. The van der Waals surface area contributed by atoms with Gasteiger partial charge in [0.25, 0.3) is 0 Å². The van der Waals surface area contributed by atoms with Crippen molar-refractivity contribution in [3.05, 3.63) is 12.2 Å². The maximum Gasteiger partial charge on any atom is 0.309 e. The molecule has 0 bridgehead atoms. The zero-order chi connectivity index (χ0) is 35.2. The Hall–Kier alpha value is -1.40. The molecule has 0 aromatic carbocycles. The van der Waals surface area contributed by atoms with E-state index in [9.17, 15) is 9.59 Å². The fraction of sp³-hybridized carbons (Fsp3) is 0.892. The minimum absolute atomic E-state index is 0.0888. The van der Waals surface area contributed by atoms with Crippen LogP contribution >= 0.6 is 0 Å². The molecule has 0 radical (unpaired) electrons. The fourth-order valence-corrected chi connectivity index (χ4v) is 3.15. The topological polar surface area (TPSA) is 65.1 Å². The van der Waals surface area contributed by atoms with Gasteiger partial charge in [0.05, 0.1) is 18.1 Å². The molecule has 6 heteroatoms. The maximum atomic E-state index is 11.7. The number of esters is 2. The molecule has 0 aliphatic carbocycles.